The first kappa shape index (κ1) is 17.6. The number of anilines is 2. The van der Waals surface area contributed by atoms with Gasteiger partial charge in [0.05, 0.1) is 23.8 Å². The van der Waals surface area contributed by atoms with Gasteiger partial charge in [0.25, 0.3) is 5.91 Å². The molecule has 2 aromatic rings. The number of rotatable bonds is 3. The van der Waals surface area contributed by atoms with Gasteiger partial charge in [-0.05, 0) is 30.3 Å². The lowest BCUT2D eigenvalue weighted by Crippen LogP contribution is -2.52. The zero-order valence-electron chi connectivity index (χ0n) is 14.6. The molecule has 0 unspecified atom stereocenters. The minimum absolute atomic E-state index is 0.0784. The Morgan fingerprint density at radius 2 is 1.63 bits per heavy atom. The third-order valence-corrected chi connectivity index (χ3v) is 5.14. The molecule has 2 aliphatic rings. The molecule has 1 atom stereocenters. The number of carbonyl (C=O) groups excluding carboxylic acids is 2. The van der Waals surface area contributed by atoms with Crippen molar-refractivity contribution >= 4 is 23.2 Å². The quantitative estimate of drug-likeness (QED) is 0.778. The van der Waals surface area contributed by atoms with Gasteiger partial charge in [0, 0.05) is 26.2 Å². The second-order valence-corrected chi connectivity index (χ2v) is 6.74. The van der Waals surface area contributed by atoms with E-state index in [4.69, 9.17) is 0 Å². The van der Waals surface area contributed by atoms with E-state index in [1.54, 1.807) is 24.3 Å². The fourth-order valence-electron chi connectivity index (χ4n) is 3.77. The number of amides is 2. The molecule has 0 radical (unpaired) electrons. The summed E-state index contributed by atoms with van der Waals surface area (Å²) in [6.45, 7) is 2.24. The van der Waals surface area contributed by atoms with Gasteiger partial charge in [-0.15, -0.1) is 0 Å². The highest BCUT2D eigenvalue weighted by atomic mass is 19.1. The molecule has 27 heavy (non-hydrogen) atoms. The van der Waals surface area contributed by atoms with E-state index in [1.807, 2.05) is 9.80 Å². The topological polar surface area (TPSA) is 43.9 Å². The molecule has 2 aliphatic heterocycles. The van der Waals surface area contributed by atoms with Crippen molar-refractivity contribution in [1.29, 1.82) is 0 Å². The Morgan fingerprint density at radius 3 is 2.33 bits per heavy atom. The van der Waals surface area contributed by atoms with Gasteiger partial charge in [0.15, 0.2) is 0 Å². The van der Waals surface area contributed by atoms with Crippen molar-refractivity contribution in [2.75, 3.05) is 36.0 Å². The number of hydrogen-bond acceptors (Lipinski definition) is 4. The summed E-state index contributed by atoms with van der Waals surface area (Å²) in [5.74, 6) is -1.41. The molecule has 5 nitrogen and oxygen atoms in total. The number of carbonyl (C=O) groups is 2. The summed E-state index contributed by atoms with van der Waals surface area (Å²) in [6.07, 6.45) is 0.0784. The van der Waals surface area contributed by atoms with Crippen molar-refractivity contribution in [1.82, 2.24) is 4.90 Å². The van der Waals surface area contributed by atoms with Crippen LogP contribution in [0.4, 0.5) is 20.2 Å². The number of benzene rings is 2. The largest absolute Gasteiger partial charge is 0.367 e. The van der Waals surface area contributed by atoms with E-state index in [0.29, 0.717) is 31.9 Å². The normalized spacial score (nSPS) is 21.2. The summed E-state index contributed by atoms with van der Waals surface area (Å²) >= 11 is 0. The molecule has 2 saturated heterocycles. The van der Waals surface area contributed by atoms with Crippen LogP contribution in [0.15, 0.2) is 48.5 Å². The van der Waals surface area contributed by atoms with Gasteiger partial charge in [-0.2, -0.15) is 0 Å². The predicted octanol–water partition coefficient (Wildman–Crippen LogP) is 2.42. The van der Waals surface area contributed by atoms with Crippen LogP contribution in [-0.4, -0.2) is 48.9 Å². The molecular formula is C20H19F2N3O2. The van der Waals surface area contributed by atoms with E-state index < -0.39 is 11.9 Å². The number of halogens is 2. The Morgan fingerprint density at radius 1 is 0.889 bits per heavy atom. The maximum atomic E-state index is 14.0. The molecule has 2 amide bonds. The molecule has 4 rings (SSSR count). The van der Waals surface area contributed by atoms with Crippen LogP contribution in [0, 0.1) is 11.6 Å². The van der Waals surface area contributed by atoms with Crippen LogP contribution in [0.1, 0.15) is 6.42 Å². The molecule has 0 bridgehead atoms. The molecule has 0 N–H and O–H groups in total. The zero-order valence-corrected chi connectivity index (χ0v) is 14.6. The van der Waals surface area contributed by atoms with Gasteiger partial charge in [0.1, 0.15) is 11.6 Å². The van der Waals surface area contributed by atoms with Crippen LogP contribution in [0.2, 0.25) is 0 Å². The summed E-state index contributed by atoms with van der Waals surface area (Å²) in [5, 5.41) is 0. The lowest BCUT2D eigenvalue weighted by molar-refractivity contribution is -0.123. The SMILES string of the molecule is O=C1C[C@H](N2CCN(c3ccccc3F)CC2)C(=O)N1c1cccc(F)c1. The van der Waals surface area contributed by atoms with Crippen molar-refractivity contribution in [3.05, 3.63) is 60.2 Å². The summed E-state index contributed by atoms with van der Waals surface area (Å²) in [6, 6.07) is 11.5. The highest BCUT2D eigenvalue weighted by Crippen LogP contribution is 2.28. The Hall–Kier alpha value is -2.80. The van der Waals surface area contributed by atoms with Crippen LogP contribution in [0.5, 0.6) is 0 Å². The average Bonchev–Trinajstić information content (AvgIpc) is 2.96. The van der Waals surface area contributed by atoms with Gasteiger partial charge in [-0.1, -0.05) is 18.2 Å². The molecule has 2 fully saturated rings. The third kappa shape index (κ3) is 3.30. The highest BCUT2D eigenvalue weighted by molar-refractivity contribution is 6.22. The van der Waals surface area contributed by atoms with Crippen molar-refractivity contribution < 1.29 is 18.4 Å². The molecule has 0 spiro atoms. The first-order chi connectivity index (χ1) is 13.0. The van der Waals surface area contributed by atoms with E-state index in [2.05, 4.69) is 0 Å². The minimum atomic E-state index is -0.552. The molecule has 2 aromatic carbocycles. The second kappa shape index (κ2) is 7.08. The second-order valence-electron chi connectivity index (χ2n) is 6.74. The molecule has 140 valence electrons. The van der Waals surface area contributed by atoms with E-state index in [-0.39, 0.29) is 29.7 Å². The fraction of sp³-hybridized carbons (Fsp3) is 0.300. The Bertz CT molecular complexity index is 881. The first-order valence-corrected chi connectivity index (χ1v) is 8.90. The first-order valence-electron chi connectivity index (χ1n) is 8.90. The van der Waals surface area contributed by atoms with Gasteiger partial charge in [-0.3, -0.25) is 14.5 Å². The molecule has 0 saturated carbocycles. The lowest BCUT2D eigenvalue weighted by atomic mass is 10.1. The molecule has 7 heteroatoms. The van der Waals surface area contributed by atoms with E-state index in [0.717, 1.165) is 4.90 Å². The fourth-order valence-corrected chi connectivity index (χ4v) is 3.77. The molecule has 0 aromatic heterocycles. The average molecular weight is 371 g/mol. The zero-order chi connectivity index (χ0) is 19.0. The summed E-state index contributed by atoms with van der Waals surface area (Å²) in [7, 11) is 0. The van der Waals surface area contributed by atoms with Crippen molar-refractivity contribution in [3.8, 4) is 0 Å². The molecule has 0 aliphatic carbocycles. The minimum Gasteiger partial charge on any atom is -0.367 e. The van der Waals surface area contributed by atoms with Crippen LogP contribution in [0.25, 0.3) is 0 Å². The summed E-state index contributed by atoms with van der Waals surface area (Å²) < 4.78 is 27.4. The number of nitrogens with zero attached hydrogens (tertiary/aromatic N) is 3. The number of piperazine rings is 1. The Labute approximate surface area is 155 Å². The van der Waals surface area contributed by atoms with E-state index in [9.17, 15) is 18.4 Å². The van der Waals surface area contributed by atoms with Crippen LogP contribution < -0.4 is 9.80 Å². The molecule has 2 heterocycles. The van der Waals surface area contributed by atoms with Crippen molar-refractivity contribution in [2.24, 2.45) is 0 Å². The Balaban J connectivity index is 1.45. The maximum Gasteiger partial charge on any atom is 0.251 e. The lowest BCUT2D eigenvalue weighted by Gasteiger charge is -2.38. The van der Waals surface area contributed by atoms with Crippen LogP contribution >= 0.6 is 0 Å². The predicted molar refractivity (Wildman–Crippen MR) is 97.5 cm³/mol. The Kier molecular flexibility index (Phi) is 4.61. The molecular weight excluding hydrogens is 352 g/mol. The van der Waals surface area contributed by atoms with Gasteiger partial charge >= 0.3 is 0 Å². The number of hydrogen-bond donors (Lipinski definition) is 0. The van der Waals surface area contributed by atoms with Gasteiger partial charge in [-0.25, -0.2) is 13.7 Å². The van der Waals surface area contributed by atoms with Crippen molar-refractivity contribution in [3.63, 3.8) is 0 Å². The standard InChI is InChI=1S/C20H19F2N3O2/c21-14-4-3-5-15(12-14)25-19(26)13-18(20(25)27)24-10-8-23(9-11-24)17-7-2-1-6-16(17)22/h1-7,12,18H,8-11,13H2/t18-/m0/s1. The third-order valence-electron chi connectivity index (χ3n) is 5.14. The highest BCUT2D eigenvalue weighted by Gasteiger charge is 2.43. The van der Waals surface area contributed by atoms with E-state index in [1.165, 1.54) is 24.3 Å². The van der Waals surface area contributed by atoms with Crippen LogP contribution in [0.3, 0.4) is 0 Å². The van der Waals surface area contributed by atoms with Gasteiger partial charge < -0.3 is 4.90 Å². The van der Waals surface area contributed by atoms with Gasteiger partial charge in [0.2, 0.25) is 5.91 Å². The maximum absolute atomic E-state index is 14.0. The van der Waals surface area contributed by atoms with E-state index >= 15 is 0 Å². The van der Waals surface area contributed by atoms with Crippen molar-refractivity contribution in [2.45, 2.75) is 12.5 Å². The number of imide groups is 1. The smallest absolute Gasteiger partial charge is 0.251 e. The summed E-state index contributed by atoms with van der Waals surface area (Å²) in [5.41, 5.74) is 0.810. The summed E-state index contributed by atoms with van der Waals surface area (Å²) in [4.78, 5) is 30.1. The number of para-hydroxylation sites is 1. The van der Waals surface area contributed by atoms with Crippen LogP contribution in [-0.2, 0) is 9.59 Å². The monoisotopic (exact) mass is 371 g/mol.